The molecule has 0 radical (unpaired) electrons. The number of methoxy groups -OCH3 is 1. The van der Waals surface area contributed by atoms with Crippen LogP contribution in [-0.2, 0) is 13.0 Å². The molecule has 1 N–H and O–H groups in total. The van der Waals surface area contributed by atoms with Crippen LogP contribution >= 0.6 is 0 Å². The molecule has 0 saturated heterocycles. The lowest BCUT2D eigenvalue weighted by molar-refractivity contribution is 0.414. The maximum atomic E-state index is 5.54. The Balaban J connectivity index is 1.51. The number of fused-ring (bicyclic) bond motifs is 1. The summed E-state index contributed by atoms with van der Waals surface area (Å²) in [6.45, 7) is 1.76. The van der Waals surface area contributed by atoms with Crippen LogP contribution in [0.1, 0.15) is 11.1 Å². The highest BCUT2D eigenvalue weighted by Gasteiger charge is 2.04. The zero-order valence-electron chi connectivity index (χ0n) is 12.1. The van der Waals surface area contributed by atoms with E-state index in [0.29, 0.717) is 0 Å². The van der Waals surface area contributed by atoms with Crippen molar-refractivity contribution in [1.82, 2.24) is 5.32 Å². The first kappa shape index (κ1) is 13.7. The lowest BCUT2D eigenvalue weighted by atomic mass is 10.1. The van der Waals surface area contributed by atoms with Crippen LogP contribution in [0.2, 0.25) is 0 Å². The minimum Gasteiger partial charge on any atom is -0.497 e. The molecule has 3 aromatic rings. The molecule has 2 aromatic carbocycles. The van der Waals surface area contributed by atoms with Gasteiger partial charge in [-0.05, 0) is 36.7 Å². The number of hydrogen-bond donors (Lipinski definition) is 1. The van der Waals surface area contributed by atoms with E-state index in [2.05, 4.69) is 23.5 Å². The van der Waals surface area contributed by atoms with Crippen LogP contribution in [0.5, 0.6) is 5.75 Å². The fourth-order valence-corrected chi connectivity index (χ4v) is 2.42. The minimum atomic E-state index is 0.827. The lowest BCUT2D eigenvalue weighted by Crippen LogP contribution is -2.16. The first-order valence-electron chi connectivity index (χ1n) is 7.15. The summed E-state index contributed by atoms with van der Waals surface area (Å²) in [5.41, 5.74) is 3.46. The molecule has 0 bridgehead atoms. The summed E-state index contributed by atoms with van der Waals surface area (Å²) in [6.07, 6.45) is 2.84. The van der Waals surface area contributed by atoms with E-state index in [1.54, 1.807) is 7.11 Å². The second kappa shape index (κ2) is 6.46. The number of nitrogens with one attached hydrogen (secondary N) is 1. The zero-order valence-corrected chi connectivity index (χ0v) is 12.1. The Labute approximate surface area is 124 Å². The third kappa shape index (κ3) is 3.26. The van der Waals surface area contributed by atoms with Crippen molar-refractivity contribution >= 4 is 11.0 Å². The highest BCUT2D eigenvalue weighted by atomic mass is 16.5. The quantitative estimate of drug-likeness (QED) is 0.698. The molecule has 0 atom stereocenters. The summed E-state index contributed by atoms with van der Waals surface area (Å²) in [6, 6.07) is 16.3. The van der Waals surface area contributed by atoms with Gasteiger partial charge in [-0.15, -0.1) is 0 Å². The van der Waals surface area contributed by atoms with Gasteiger partial charge >= 0.3 is 0 Å². The van der Waals surface area contributed by atoms with Gasteiger partial charge in [0.1, 0.15) is 11.3 Å². The van der Waals surface area contributed by atoms with E-state index < -0.39 is 0 Å². The largest absolute Gasteiger partial charge is 0.497 e. The van der Waals surface area contributed by atoms with Crippen LogP contribution in [0.4, 0.5) is 0 Å². The fourth-order valence-electron chi connectivity index (χ4n) is 2.42. The molecule has 0 saturated carbocycles. The van der Waals surface area contributed by atoms with E-state index in [-0.39, 0.29) is 0 Å². The molecular weight excluding hydrogens is 262 g/mol. The smallest absolute Gasteiger partial charge is 0.134 e. The predicted molar refractivity (Wildman–Crippen MR) is 84.6 cm³/mol. The molecule has 21 heavy (non-hydrogen) atoms. The van der Waals surface area contributed by atoms with E-state index in [4.69, 9.17) is 9.15 Å². The van der Waals surface area contributed by atoms with Crippen molar-refractivity contribution in [1.29, 1.82) is 0 Å². The van der Waals surface area contributed by atoms with E-state index in [1.807, 2.05) is 36.6 Å². The zero-order chi connectivity index (χ0) is 14.5. The fraction of sp³-hybridized carbons (Fsp3) is 0.222. The Morgan fingerprint density at radius 1 is 1.05 bits per heavy atom. The van der Waals surface area contributed by atoms with Gasteiger partial charge in [0.05, 0.1) is 13.4 Å². The van der Waals surface area contributed by atoms with Gasteiger partial charge in [0, 0.05) is 17.5 Å². The number of benzene rings is 2. The molecule has 108 valence electrons. The number of hydrogen-bond acceptors (Lipinski definition) is 3. The lowest BCUT2D eigenvalue weighted by Gasteiger charge is -2.05. The van der Waals surface area contributed by atoms with E-state index in [1.165, 1.54) is 16.5 Å². The molecule has 1 aromatic heterocycles. The first-order chi connectivity index (χ1) is 10.4. The number of ether oxygens (including phenoxy) is 1. The van der Waals surface area contributed by atoms with Crippen molar-refractivity contribution in [3.05, 3.63) is 65.9 Å². The maximum absolute atomic E-state index is 5.54. The average Bonchev–Trinajstić information content (AvgIpc) is 2.95. The number of rotatable bonds is 6. The van der Waals surface area contributed by atoms with Gasteiger partial charge in [-0.3, -0.25) is 0 Å². The van der Waals surface area contributed by atoms with Crippen molar-refractivity contribution in [3.8, 4) is 5.75 Å². The Bertz CT molecular complexity index is 701. The van der Waals surface area contributed by atoms with Crippen molar-refractivity contribution in [3.63, 3.8) is 0 Å². The number of para-hydroxylation sites is 1. The van der Waals surface area contributed by atoms with Crippen LogP contribution in [0, 0.1) is 0 Å². The molecule has 0 aliphatic carbocycles. The van der Waals surface area contributed by atoms with E-state index in [0.717, 1.165) is 30.8 Å². The molecule has 0 fully saturated rings. The summed E-state index contributed by atoms with van der Waals surface area (Å²) in [5.74, 6) is 0.900. The van der Waals surface area contributed by atoms with Gasteiger partial charge in [-0.2, -0.15) is 0 Å². The molecule has 0 unspecified atom stereocenters. The van der Waals surface area contributed by atoms with Crippen molar-refractivity contribution in [2.75, 3.05) is 13.7 Å². The monoisotopic (exact) mass is 281 g/mol. The normalized spacial score (nSPS) is 10.9. The summed E-state index contributed by atoms with van der Waals surface area (Å²) < 4.78 is 10.7. The van der Waals surface area contributed by atoms with Crippen LogP contribution in [0.15, 0.2) is 59.2 Å². The highest BCUT2D eigenvalue weighted by Crippen LogP contribution is 2.20. The molecule has 1 heterocycles. The third-order valence-corrected chi connectivity index (χ3v) is 3.63. The topological polar surface area (TPSA) is 34.4 Å². The molecule has 0 aliphatic rings. The summed E-state index contributed by atoms with van der Waals surface area (Å²) in [4.78, 5) is 0. The molecule has 0 amide bonds. The molecular formula is C18H19NO2. The Morgan fingerprint density at radius 3 is 2.67 bits per heavy atom. The Kier molecular flexibility index (Phi) is 4.22. The summed E-state index contributed by atoms with van der Waals surface area (Å²) >= 11 is 0. The van der Waals surface area contributed by atoms with Crippen molar-refractivity contribution < 1.29 is 9.15 Å². The number of furan rings is 1. The van der Waals surface area contributed by atoms with Crippen LogP contribution in [-0.4, -0.2) is 13.7 Å². The second-order valence-electron chi connectivity index (χ2n) is 5.03. The Morgan fingerprint density at radius 2 is 1.86 bits per heavy atom. The predicted octanol–water partition coefficient (Wildman–Crippen LogP) is 3.77. The Hall–Kier alpha value is -2.26. The standard InChI is InChI=1S/C18H19NO2/c1-20-16-8-6-14(7-9-16)10-11-19-12-15-13-21-18-5-3-2-4-17(15)18/h2-9,13,19H,10-12H2,1H3. The first-order valence-corrected chi connectivity index (χ1v) is 7.15. The summed E-state index contributed by atoms with van der Waals surface area (Å²) in [7, 11) is 1.69. The van der Waals surface area contributed by atoms with Crippen LogP contribution in [0.25, 0.3) is 11.0 Å². The molecule has 3 rings (SSSR count). The highest BCUT2D eigenvalue weighted by molar-refractivity contribution is 5.80. The SMILES string of the molecule is COc1ccc(CCNCc2coc3ccccc23)cc1. The van der Waals surface area contributed by atoms with Gasteiger partial charge in [0.2, 0.25) is 0 Å². The second-order valence-corrected chi connectivity index (χ2v) is 5.03. The van der Waals surface area contributed by atoms with E-state index in [9.17, 15) is 0 Å². The van der Waals surface area contributed by atoms with E-state index >= 15 is 0 Å². The van der Waals surface area contributed by atoms with Gasteiger partial charge in [0.25, 0.3) is 0 Å². The molecule has 3 nitrogen and oxygen atoms in total. The summed E-state index contributed by atoms with van der Waals surface area (Å²) in [5, 5.41) is 4.66. The molecule has 3 heteroatoms. The average molecular weight is 281 g/mol. The molecule has 0 spiro atoms. The molecule has 0 aliphatic heterocycles. The van der Waals surface area contributed by atoms with Gasteiger partial charge in [-0.25, -0.2) is 0 Å². The van der Waals surface area contributed by atoms with Crippen LogP contribution < -0.4 is 10.1 Å². The van der Waals surface area contributed by atoms with Gasteiger partial charge in [-0.1, -0.05) is 30.3 Å². The van der Waals surface area contributed by atoms with Crippen molar-refractivity contribution in [2.24, 2.45) is 0 Å². The van der Waals surface area contributed by atoms with Crippen molar-refractivity contribution in [2.45, 2.75) is 13.0 Å². The minimum absolute atomic E-state index is 0.827. The maximum Gasteiger partial charge on any atom is 0.134 e. The van der Waals surface area contributed by atoms with Crippen LogP contribution in [0.3, 0.4) is 0 Å². The van der Waals surface area contributed by atoms with Gasteiger partial charge in [0.15, 0.2) is 0 Å². The van der Waals surface area contributed by atoms with Gasteiger partial charge < -0.3 is 14.5 Å². The third-order valence-electron chi connectivity index (χ3n) is 3.63.